The fourth-order valence-electron chi connectivity index (χ4n) is 4.19. The van der Waals surface area contributed by atoms with Gasteiger partial charge in [0.25, 0.3) is 5.91 Å². The lowest BCUT2D eigenvalue weighted by atomic mass is 10.2. The van der Waals surface area contributed by atoms with Crippen molar-refractivity contribution in [1.82, 2.24) is 24.1 Å². The molecule has 2 aliphatic rings. The van der Waals surface area contributed by atoms with Gasteiger partial charge in [0, 0.05) is 25.3 Å². The number of nitrogens with zero attached hydrogens (tertiary/aromatic N) is 5. The summed E-state index contributed by atoms with van der Waals surface area (Å²) in [5.41, 5.74) is 1.53. The Kier molecular flexibility index (Phi) is 4.25. The fraction of sp³-hybridized carbons (Fsp3) is 0.579. The first-order valence-electron chi connectivity index (χ1n) is 9.19. The van der Waals surface area contributed by atoms with E-state index < -0.39 is 0 Å². The molecule has 25 heavy (non-hydrogen) atoms. The Morgan fingerprint density at radius 2 is 2.08 bits per heavy atom. The molecule has 2 fully saturated rings. The minimum absolute atomic E-state index is 0.0694. The zero-order valence-electron chi connectivity index (χ0n) is 15.4. The normalized spacial score (nSPS) is 24.7. The van der Waals surface area contributed by atoms with Gasteiger partial charge in [-0.25, -0.2) is 4.98 Å². The van der Waals surface area contributed by atoms with Gasteiger partial charge in [-0.3, -0.25) is 9.69 Å². The third kappa shape index (κ3) is 2.83. The lowest BCUT2D eigenvalue weighted by Gasteiger charge is -2.20. The zero-order chi connectivity index (χ0) is 17.6. The number of hydrogen-bond donors (Lipinski definition) is 0. The molecule has 1 amide bonds. The number of imidazole rings is 1. The second-order valence-corrected chi connectivity index (χ2v) is 7.57. The van der Waals surface area contributed by atoms with Crippen LogP contribution in [0.15, 0.2) is 24.4 Å². The van der Waals surface area contributed by atoms with E-state index in [4.69, 9.17) is 4.98 Å². The van der Waals surface area contributed by atoms with Crippen molar-refractivity contribution in [2.24, 2.45) is 0 Å². The van der Waals surface area contributed by atoms with Crippen molar-refractivity contribution in [3.05, 3.63) is 35.9 Å². The Balaban J connectivity index is 1.69. The molecule has 134 valence electrons. The predicted molar refractivity (Wildman–Crippen MR) is 97.8 cm³/mol. The number of aromatic nitrogens is 2. The van der Waals surface area contributed by atoms with Gasteiger partial charge >= 0.3 is 0 Å². The lowest BCUT2D eigenvalue weighted by molar-refractivity contribution is 0.0779. The van der Waals surface area contributed by atoms with Crippen LogP contribution in [0.1, 0.15) is 41.6 Å². The molecule has 6 heteroatoms. The molecule has 4 rings (SSSR count). The van der Waals surface area contributed by atoms with Crippen LogP contribution in [0.2, 0.25) is 0 Å². The molecule has 0 bridgehead atoms. The summed E-state index contributed by atoms with van der Waals surface area (Å²) in [6.07, 6.45) is 5.35. The molecule has 2 atom stereocenters. The summed E-state index contributed by atoms with van der Waals surface area (Å²) in [5.74, 6) is 1.07. The molecule has 6 nitrogen and oxygen atoms in total. The first-order chi connectivity index (χ1) is 12.1. The van der Waals surface area contributed by atoms with Crippen molar-refractivity contribution in [1.29, 1.82) is 0 Å². The van der Waals surface area contributed by atoms with E-state index in [9.17, 15) is 4.79 Å². The standard InChI is InChI=1S/C19H27N5O/c1-21(2)14-9-12-23(13-14)19(25)17-15-7-4-5-11-24(15)18(20-17)16-8-6-10-22(16)3/h4-5,7,11,14,16H,6,8-10,12-13H2,1-3H3/t14-,16+/m1/s1. The van der Waals surface area contributed by atoms with Crippen LogP contribution in [0, 0.1) is 0 Å². The Hall–Kier alpha value is -1.92. The largest absolute Gasteiger partial charge is 0.336 e. The van der Waals surface area contributed by atoms with E-state index in [2.05, 4.69) is 35.3 Å². The number of likely N-dealkylation sites (N-methyl/N-ethyl adjacent to an activating group) is 1. The molecule has 4 heterocycles. The molecule has 0 N–H and O–H groups in total. The second kappa shape index (κ2) is 6.42. The maximum Gasteiger partial charge on any atom is 0.274 e. The summed E-state index contributed by atoms with van der Waals surface area (Å²) in [4.78, 5) is 24.5. The highest BCUT2D eigenvalue weighted by molar-refractivity contribution is 5.99. The topological polar surface area (TPSA) is 44.1 Å². The Morgan fingerprint density at radius 3 is 2.76 bits per heavy atom. The lowest BCUT2D eigenvalue weighted by Crippen LogP contribution is -2.34. The number of carbonyl (C=O) groups excluding carboxylic acids is 1. The van der Waals surface area contributed by atoms with Gasteiger partial charge in [-0.1, -0.05) is 6.07 Å². The molecule has 0 spiro atoms. The summed E-state index contributed by atoms with van der Waals surface area (Å²) in [7, 11) is 6.31. The summed E-state index contributed by atoms with van der Waals surface area (Å²) in [6, 6.07) is 6.75. The Morgan fingerprint density at radius 1 is 1.24 bits per heavy atom. The van der Waals surface area contributed by atoms with E-state index in [1.807, 2.05) is 29.3 Å². The highest BCUT2D eigenvalue weighted by atomic mass is 16.2. The third-order valence-electron chi connectivity index (χ3n) is 5.78. The first-order valence-corrected chi connectivity index (χ1v) is 9.19. The molecule has 2 aliphatic heterocycles. The van der Waals surface area contributed by atoms with Crippen molar-refractivity contribution >= 4 is 11.4 Å². The van der Waals surface area contributed by atoms with Crippen molar-refractivity contribution in [3.63, 3.8) is 0 Å². The van der Waals surface area contributed by atoms with Crippen LogP contribution < -0.4 is 0 Å². The summed E-state index contributed by atoms with van der Waals surface area (Å²) < 4.78 is 2.11. The van der Waals surface area contributed by atoms with Crippen LogP contribution in [0.3, 0.4) is 0 Å². The SMILES string of the molecule is CN(C)[C@@H]1CCN(C(=O)c2nc([C@@H]3CCCN3C)n3ccccc23)C1. The van der Waals surface area contributed by atoms with Crippen molar-refractivity contribution in [2.75, 3.05) is 40.8 Å². The van der Waals surface area contributed by atoms with Gasteiger partial charge < -0.3 is 14.2 Å². The average molecular weight is 341 g/mol. The van der Waals surface area contributed by atoms with Crippen LogP contribution in [-0.2, 0) is 0 Å². The summed E-state index contributed by atoms with van der Waals surface area (Å²) >= 11 is 0. The second-order valence-electron chi connectivity index (χ2n) is 7.57. The maximum absolute atomic E-state index is 13.2. The molecule has 0 unspecified atom stereocenters. The monoisotopic (exact) mass is 341 g/mol. The highest BCUT2D eigenvalue weighted by Gasteiger charge is 2.33. The van der Waals surface area contributed by atoms with Crippen molar-refractivity contribution < 1.29 is 4.79 Å². The van der Waals surface area contributed by atoms with Gasteiger partial charge in [-0.15, -0.1) is 0 Å². The van der Waals surface area contributed by atoms with E-state index in [1.54, 1.807) is 0 Å². The smallest absolute Gasteiger partial charge is 0.274 e. The molecular formula is C19H27N5O. The van der Waals surface area contributed by atoms with Gasteiger partial charge in [0.15, 0.2) is 5.69 Å². The zero-order valence-corrected chi connectivity index (χ0v) is 15.4. The van der Waals surface area contributed by atoms with Crippen molar-refractivity contribution in [3.8, 4) is 0 Å². The molecule has 2 aromatic rings. The minimum atomic E-state index is 0.0694. The van der Waals surface area contributed by atoms with Gasteiger partial charge in [0.05, 0.1) is 11.6 Å². The number of amides is 1. The van der Waals surface area contributed by atoms with Crippen LogP contribution in [0.25, 0.3) is 5.52 Å². The van der Waals surface area contributed by atoms with E-state index >= 15 is 0 Å². The van der Waals surface area contributed by atoms with Crippen LogP contribution in [0.4, 0.5) is 0 Å². The van der Waals surface area contributed by atoms with E-state index in [1.165, 1.54) is 6.42 Å². The van der Waals surface area contributed by atoms with Crippen LogP contribution in [0.5, 0.6) is 0 Å². The van der Waals surface area contributed by atoms with Gasteiger partial charge in [0.2, 0.25) is 0 Å². The Labute approximate surface area is 149 Å². The fourth-order valence-corrected chi connectivity index (χ4v) is 4.19. The number of fused-ring (bicyclic) bond motifs is 1. The Bertz CT molecular complexity index is 783. The first kappa shape index (κ1) is 16.5. The van der Waals surface area contributed by atoms with Gasteiger partial charge in [0.1, 0.15) is 5.82 Å². The number of hydrogen-bond acceptors (Lipinski definition) is 4. The van der Waals surface area contributed by atoms with Crippen LogP contribution >= 0.6 is 0 Å². The molecule has 0 radical (unpaired) electrons. The summed E-state index contributed by atoms with van der Waals surface area (Å²) in [6.45, 7) is 2.69. The van der Waals surface area contributed by atoms with Crippen LogP contribution in [-0.4, -0.2) is 76.8 Å². The maximum atomic E-state index is 13.2. The van der Waals surface area contributed by atoms with Gasteiger partial charge in [-0.2, -0.15) is 0 Å². The molecule has 0 aliphatic carbocycles. The number of pyridine rings is 1. The minimum Gasteiger partial charge on any atom is -0.336 e. The number of likely N-dealkylation sites (tertiary alicyclic amines) is 2. The average Bonchev–Trinajstić information content (AvgIpc) is 3.32. The third-order valence-corrected chi connectivity index (χ3v) is 5.78. The highest BCUT2D eigenvalue weighted by Crippen LogP contribution is 2.31. The number of carbonyl (C=O) groups is 1. The van der Waals surface area contributed by atoms with E-state index in [0.717, 1.165) is 43.8 Å². The van der Waals surface area contributed by atoms with Crippen molar-refractivity contribution in [2.45, 2.75) is 31.3 Å². The van der Waals surface area contributed by atoms with E-state index in [0.29, 0.717) is 17.8 Å². The van der Waals surface area contributed by atoms with Gasteiger partial charge in [-0.05, 0) is 59.1 Å². The number of rotatable bonds is 3. The predicted octanol–water partition coefficient (Wildman–Crippen LogP) is 1.88. The van der Waals surface area contributed by atoms with E-state index in [-0.39, 0.29) is 5.91 Å². The molecule has 2 aromatic heterocycles. The molecule has 0 aromatic carbocycles. The summed E-state index contributed by atoms with van der Waals surface area (Å²) in [5, 5.41) is 0. The molecular weight excluding hydrogens is 314 g/mol. The molecule has 0 saturated carbocycles. The quantitative estimate of drug-likeness (QED) is 0.855. The molecule has 2 saturated heterocycles.